The summed E-state index contributed by atoms with van der Waals surface area (Å²) < 4.78 is 111. The number of likely N-dealkylation sites (tertiary alicyclic amines) is 1. The van der Waals surface area contributed by atoms with Crippen molar-refractivity contribution in [2.24, 2.45) is 5.92 Å². The van der Waals surface area contributed by atoms with E-state index in [9.17, 15) is 40.0 Å². The number of halogens is 5. The van der Waals surface area contributed by atoms with E-state index < -0.39 is 56.3 Å². The Balaban J connectivity index is 1.52. The average molecular weight is 743 g/mol. The molecule has 0 unspecified atom stereocenters. The van der Waals surface area contributed by atoms with Gasteiger partial charge in [-0.3, -0.25) is 14.5 Å². The summed E-state index contributed by atoms with van der Waals surface area (Å²) in [7, 11) is -3.15. The minimum absolute atomic E-state index is 0.0608. The molecular weight excluding hydrogens is 703 g/mol. The molecule has 11 nitrogen and oxygen atoms in total. The molecule has 0 saturated carbocycles. The fourth-order valence-corrected chi connectivity index (χ4v) is 5.86. The Hall–Kier alpha value is -4.67. The first-order valence-electron chi connectivity index (χ1n) is 15.7. The van der Waals surface area contributed by atoms with Crippen LogP contribution >= 0.6 is 0 Å². The van der Waals surface area contributed by atoms with Crippen LogP contribution in [0.15, 0.2) is 48.7 Å². The minimum atomic E-state index is -6.03. The Bertz CT molecular complexity index is 1870. The number of aromatic nitrogens is 1. The van der Waals surface area contributed by atoms with Gasteiger partial charge >= 0.3 is 18.2 Å². The molecule has 1 saturated heterocycles. The number of rotatable bonds is 10. The highest BCUT2D eigenvalue weighted by atomic mass is 32.2. The van der Waals surface area contributed by atoms with Crippen LogP contribution in [0, 0.1) is 12.8 Å². The third-order valence-corrected chi connectivity index (χ3v) is 8.38. The molecule has 51 heavy (non-hydrogen) atoms. The van der Waals surface area contributed by atoms with Crippen molar-refractivity contribution in [2.75, 3.05) is 36.5 Å². The van der Waals surface area contributed by atoms with E-state index in [0.717, 1.165) is 25.6 Å². The topological polar surface area (TPSA) is 136 Å². The summed E-state index contributed by atoms with van der Waals surface area (Å²) in [5.41, 5.74) is -2.30. The zero-order valence-corrected chi connectivity index (χ0v) is 29.6. The summed E-state index contributed by atoms with van der Waals surface area (Å²) in [4.78, 5) is 31.9. The fourth-order valence-electron chi connectivity index (χ4n) is 5.31. The lowest BCUT2D eigenvalue weighted by molar-refractivity contribution is -0.289. The van der Waals surface area contributed by atoms with Gasteiger partial charge in [0.15, 0.2) is 5.75 Å². The third-order valence-electron chi connectivity index (χ3n) is 7.79. The van der Waals surface area contributed by atoms with Crippen LogP contribution < -0.4 is 19.5 Å². The number of piperidine rings is 1. The van der Waals surface area contributed by atoms with Crippen molar-refractivity contribution < 1.29 is 54.2 Å². The number of sulfonamides is 1. The first kappa shape index (κ1) is 39.1. The summed E-state index contributed by atoms with van der Waals surface area (Å²) in [6, 6.07) is 8.31. The number of amides is 2. The molecule has 1 aliphatic heterocycles. The predicted octanol–water partition coefficient (Wildman–Crippen LogP) is 7.66. The molecule has 2 aromatic carbocycles. The molecule has 0 aliphatic carbocycles. The number of nitrogens with zero attached hydrogens (tertiary/aromatic N) is 2. The van der Waals surface area contributed by atoms with Crippen LogP contribution in [0.25, 0.3) is 0 Å². The Morgan fingerprint density at radius 1 is 0.980 bits per heavy atom. The Morgan fingerprint density at radius 3 is 2.22 bits per heavy atom. The minimum Gasteiger partial charge on any atom is -0.492 e. The maximum Gasteiger partial charge on any atom is 0.458 e. The van der Waals surface area contributed by atoms with Gasteiger partial charge in [-0.15, -0.1) is 0 Å². The van der Waals surface area contributed by atoms with Gasteiger partial charge in [0.1, 0.15) is 17.1 Å². The number of hydrogen-bond acceptors (Lipinski definition) is 8. The number of methoxy groups -OCH3 is 1. The molecule has 2 N–H and O–H groups in total. The predicted molar refractivity (Wildman–Crippen MR) is 179 cm³/mol. The average Bonchev–Trinajstić information content (AvgIpc) is 3.00. The van der Waals surface area contributed by atoms with Crippen LogP contribution in [0.2, 0.25) is 0 Å². The summed E-state index contributed by atoms with van der Waals surface area (Å²) in [6.45, 7) is 8.27. The van der Waals surface area contributed by atoms with Crippen LogP contribution in [0.4, 0.5) is 38.1 Å². The number of pyridine rings is 1. The molecule has 1 aromatic heterocycles. The fraction of sp³-hybridized carbons (Fsp3) is 0.441. The van der Waals surface area contributed by atoms with E-state index >= 15 is 0 Å². The molecule has 1 fully saturated rings. The number of benzene rings is 2. The molecule has 0 radical (unpaired) electrons. The Kier molecular flexibility index (Phi) is 11.4. The lowest BCUT2D eigenvalue weighted by Crippen LogP contribution is -2.42. The quantitative estimate of drug-likeness (QED) is 0.202. The number of anilines is 2. The highest BCUT2D eigenvalue weighted by Crippen LogP contribution is 2.48. The monoisotopic (exact) mass is 742 g/mol. The number of ether oxygens (including phenoxy) is 3. The number of carbonyl (C=O) groups excluding carboxylic acids is 2. The Morgan fingerprint density at radius 2 is 1.63 bits per heavy atom. The van der Waals surface area contributed by atoms with Crippen molar-refractivity contribution in [2.45, 2.75) is 64.7 Å². The normalized spacial score (nSPS) is 14.5. The van der Waals surface area contributed by atoms with Crippen LogP contribution in [-0.4, -0.2) is 68.5 Å². The molecule has 4 rings (SSSR count). The second kappa shape index (κ2) is 14.9. The van der Waals surface area contributed by atoms with E-state index in [1.165, 1.54) is 12.1 Å². The lowest BCUT2D eigenvalue weighted by Gasteiger charge is -2.33. The summed E-state index contributed by atoms with van der Waals surface area (Å²) >= 11 is 0. The molecule has 0 bridgehead atoms. The standard InChI is InChI=1S/C34H39F5N4O7S/c1-20-7-8-22(30(44)41-26-17-23(33(35,36)34(37,38)39)18-27(29(26)48-5)42-51(6,46)47)16-28(20)49-25-9-12-40-24(19-25)15-21-10-13-43(14-11-21)31(45)50-32(2,3)4/h7-9,12,16-19,21,42H,10-11,13-15H2,1-6H3,(H,41,44). The number of aryl methyl sites for hydroxylation is 1. The van der Waals surface area contributed by atoms with Crippen LogP contribution in [0.5, 0.6) is 17.2 Å². The molecule has 2 amide bonds. The van der Waals surface area contributed by atoms with Gasteiger partial charge in [-0.05, 0) is 88.8 Å². The van der Waals surface area contributed by atoms with Crippen molar-refractivity contribution in [3.05, 3.63) is 71.0 Å². The first-order valence-corrected chi connectivity index (χ1v) is 17.6. The second-order valence-corrected chi connectivity index (χ2v) is 14.9. The van der Waals surface area contributed by atoms with E-state index in [0.29, 0.717) is 43.1 Å². The molecule has 0 spiro atoms. The van der Waals surface area contributed by atoms with Crippen molar-refractivity contribution in [1.82, 2.24) is 9.88 Å². The molecule has 278 valence electrons. The summed E-state index contributed by atoms with van der Waals surface area (Å²) in [5.74, 6) is -5.93. The van der Waals surface area contributed by atoms with Gasteiger partial charge in [-0.2, -0.15) is 22.0 Å². The highest BCUT2D eigenvalue weighted by molar-refractivity contribution is 7.92. The molecule has 0 atom stereocenters. The van der Waals surface area contributed by atoms with Crippen molar-refractivity contribution in [3.8, 4) is 17.2 Å². The molecular formula is C34H39F5N4O7S. The molecule has 17 heteroatoms. The van der Waals surface area contributed by atoms with Gasteiger partial charge in [0.2, 0.25) is 10.0 Å². The molecule has 1 aliphatic rings. The molecule has 2 heterocycles. The van der Waals surface area contributed by atoms with Gasteiger partial charge in [0.05, 0.1) is 24.7 Å². The number of alkyl halides is 5. The third kappa shape index (κ3) is 10.2. The zero-order chi connectivity index (χ0) is 37.9. The van der Waals surface area contributed by atoms with E-state index in [1.54, 1.807) is 36.2 Å². The van der Waals surface area contributed by atoms with Crippen LogP contribution in [0.3, 0.4) is 0 Å². The van der Waals surface area contributed by atoms with Gasteiger partial charge in [-0.25, -0.2) is 13.2 Å². The van der Waals surface area contributed by atoms with Gasteiger partial charge < -0.3 is 24.4 Å². The van der Waals surface area contributed by atoms with Crippen molar-refractivity contribution >= 4 is 33.4 Å². The van der Waals surface area contributed by atoms with Crippen molar-refractivity contribution in [1.29, 1.82) is 0 Å². The van der Waals surface area contributed by atoms with E-state index in [4.69, 9.17) is 14.2 Å². The second-order valence-electron chi connectivity index (χ2n) is 13.2. The maximum absolute atomic E-state index is 14.4. The Labute approximate surface area is 292 Å². The molecule has 3 aromatic rings. The highest BCUT2D eigenvalue weighted by Gasteiger charge is 2.59. The van der Waals surface area contributed by atoms with Crippen LogP contribution in [-0.2, 0) is 27.1 Å². The van der Waals surface area contributed by atoms with Gasteiger partial charge in [-0.1, -0.05) is 6.07 Å². The number of hydrogen-bond donors (Lipinski definition) is 2. The van der Waals surface area contributed by atoms with Gasteiger partial charge in [0.25, 0.3) is 5.91 Å². The van der Waals surface area contributed by atoms with E-state index in [-0.39, 0.29) is 29.4 Å². The van der Waals surface area contributed by atoms with E-state index in [1.807, 2.05) is 25.5 Å². The van der Waals surface area contributed by atoms with Crippen LogP contribution in [0.1, 0.15) is 60.8 Å². The zero-order valence-electron chi connectivity index (χ0n) is 28.8. The number of nitrogens with one attached hydrogen (secondary N) is 2. The lowest BCUT2D eigenvalue weighted by atomic mass is 9.92. The van der Waals surface area contributed by atoms with Crippen molar-refractivity contribution in [3.63, 3.8) is 0 Å². The number of carbonyl (C=O) groups is 2. The maximum atomic E-state index is 14.4. The SMILES string of the molecule is COc1c(NC(=O)c2ccc(C)c(Oc3ccnc(CC4CCN(C(=O)OC(C)(C)C)CC4)c3)c2)cc(C(F)(F)C(F)(F)F)cc1NS(C)(=O)=O. The first-order chi connectivity index (χ1) is 23.6. The largest absolute Gasteiger partial charge is 0.492 e. The van der Waals surface area contributed by atoms with E-state index in [2.05, 4.69) is 10.3 Å². The smallest absolute Gasteiger partial charge is 0.458 e. The van der Waals surface area contributed by atoms with Gasteiger partial charge in [0, 0.05) is 42.2 Å². The summed E-state index contributed by atoms with van der Waals surface area (Å²) in [6.07, 6.45) is -1.98. The summed E-state index contributed by atoms with van der Waals surface area (Å²) in [5, 5.41) is 2.26.